The van der Waals surface area contributed by atoms with Gasteiger partial charge in [-0.05, 0) is 41.5 Å². The minimum Gasteiger partial charge on any atom is -0.497 e. The lowest BCUT2D eigenvalue weighted by Crippen LogP contribution is -2.06. The van der Waals surface area contributed by atoms with Crippen molar-refractivity contribution in [1.29, 1.82) is 0 Å². The van der Waals surface area contributed by atoms with Gasteiger partial charge in [0, 0.05) is 28.5 Å². The molecule has 2 nitrogen and oxygen atoms in total. The molecule has 0 saturated heterocycles. The predicted octanol–water partition coefficient (Wildman–Crippen LogP) is 5.55. The number of methoxy groups -OCH3 is 1. The van der Waals surface area contributed by atoms with E-state index in [9.17, 15) is 8.78 Å². The first-order valence-corrected chi connectivity index (χ1v) is 8.87. The number of nitrogens with zero attached hydrogens (tertiary/aromatic N) is 1. The van der Waals surface area contributed by atoms with Crippen molar-refractivity contribution in [2.45, 2.75) is 13.0 Å². The van der Waals surface area contributed by atoms with Crippen molar-refractivity contribution in [3.63, 3.8) is 0 Å². The average molecular weight is 361 g/mol. The van der Waals surface area contributed by atoms with Crippen LogP contribution in [0.1, 0.15) is 16.7 Å². The lowest BCUT2D eigenvalue weighted by molar-refractivity contribution is 0.415. The number of hydrogen-bond acceptors (Lipinski definition) is 1. The first-order valence-electron chi connectivity index (χ1n) is 8.87. The second-order valence-corrected chi connectivity index (χ2v) is 6.83. The predicted molar refractivity (Wildman–Crippen MR) is 102 cm³/mol. The molecular formula is C23H17F2NO. The molecule has 3 aromatic carbocycles. The Bertz CT molecular complexity index is 1170. The number of halogens is 2. The van der Waals surface area contributed by atoms with Gasteiger partial charge in [0.05, 0.1) is 19.3 Å². The van der Waals surface area contributed by atoms with Crippen LogP contribution in [0.2, 0.25) is 0 Å². The van der Waals surface area contributed by atoms with Gasteiger partial charge in [-0.15, -0.1) is 0 Å². The largest absolute Gasteiger partial charge is 0.497 e. The quantitative estimate of drug-likeness (QED) is 0.411. The summed E-state index contributed by atoms with van der Waals surface area (Å²) in [5.74, 6) is -0.272. The van der Waals surface area contributed by atoms with E-state index in [0.29, 0.717) is 0 Å². The third-order valence-corrected chi connectivity index (χ3v) is 5.39. The van der Waals surface area contributed by atoms with Crippen molar-refractivity contribution >= 4 is 10.9 Å². The van der Waals surface area contributed by atoms with Gasteiger partial charge in [0.25, 0.3) is 0 Å². The number of aromatic nitrogens is 1. The molecule has 0 aliphatic heterocycles. The summed E-state index contributed by atoms with van der Waals surface area (Å²) in [7, 11) is 1.64. The summed E-state index contributed by atoms with van der Waals surface area (Å²) in [6.45, 7) is 0.144. The normalized spacial score (nSPS) is 12.3. The molecule has 0 N–H and O–H groups in total. The highest BCUT2D eigenvalue weighted by Crippen LogP contribution is 2.44. The second kappa shape index (κ2) is 5.95. The molecule has 1 aromatic heterocycles. The first kappa shape index (κ1) is 16.1. The number of fused-ring (bicyclic) bond motifs is 5. The van der Waals surface area contributed by atoms with Crippen molar-refractivity contribution in [2.75, 3.05) is 7.11 Å². The molecule has 4 aromatic rings. The molecule has 1 heterocycles. The monoisotopic (exact) mass is 361 g/mol. The Kier molecular flexibility index (Phi) is 3.54. The maximum absolute atomic E-state index is 14.3. The van der Waals surface area contributed by atoms with E-state index in [1.54, 1.807) is 7.11 Å². The smallest absolute Gasteiger partial charge is 0.131 e. The standard InChI is InChI=1S/C23H17F2NO/c1-27-15-9-10-22-17(12-15)18-11-14-5-2-3-6-16(14)23(18)26(22)13-19-20(24)7-4-8-21(19)25/h2-10,12H,11,13H2,1H3. The van der Waals surface area contributed by atoms with Gasteiger partial charge in [-0.3, -0.25) is 0 Å². The third kappa shape index (κ3) is 2.36. The number of ether oxygens (including phenoxy) is 1. The van der Waals surface area contributed by atoms with Crippen LogP contribution in [0.5, 0.6) is 5.75 Å². The molecule has 5 rings (SSSR count). The summed E-state index contributed by atoms with van der Waals surface area (Å²) in [6.07, 6.45) is 0.807. The summed E-state index contributed by atoms with van der Waals surface area (Å²) < 4.78 is 36.1. The van der Waals surface area contributed by atoms with Crippen LogP contribution in [0.3, 0.4) is 0 Å². The Hall–Kier alpha value is -3.14. The van der Waals surface area contributed by atoms with Crippen molar-refractivity contribution in [2.24, 2.45) is 0 Å². The fourth-order valence-electron chi connectivity index (χ4n) is 4.12. The molecule has 0 saturated carbocycles. The lowest BCUT2D eigenvalue weighted by Gasteiger charge is -2.13. The summed E-state index contributed by atoms with van der Waals surface area (Å²) in [6, 6.07) is 18.1. The third-order valence-electron chi connectivity index (χ3n) is 5.39. The van der Waals surface area contributed by atoms with Gasteiger partial charge in [0.2, 0.25) is 0 Å². The van der Waals surface area contributed by atoms with Crippen molar-refractivity contribution in [1.82, 2.24) is 4.57 Å². The first-order chi connectivity index (χ1) is 13.2. The zero-order valence-electron chi connectivity index (χ0n) is 14.8. The Morgan fingerprint density at radius 2 is 1.74 bits per heavy atom. The highest BCUT2D eigenvalue weighted by atomic mass is 19.1. The molecule has 0 unspecified atom stereocenters. The number of hydrogen-bond donors (Lipinski definition) is 0. The Labute approximate surface area is 155 Å². The molecule has 1 aliphatic carbocycles. The topological polar surface area (TPSA) is 14.2 Å². The molecular weight excluding hydrogens is 344 g/mol. The highest BCUT2D eigenvalue weighted by molar-refractivity contribution is 5.96. The van der Waals surface area contributed by atoms with Crippen LogP contribution >= 0.6 is 0 Å². The molecule has 0 bridgehead atoms. The fraction of sp³-hybridized carbons (Fsp3) is 0.130. The second-order valence-electron chi connectivity index (χ2n) is 6.83. The molecule has 0 fully saturated rings. The van der Waals surface area contributed by atoms with E-state index in [1.165, 1.54) is 29.3 Å². The maximum Gasteiger partial charge on any atom is 0.131 e. The lowest BCUT2D eigenvalue weighted by atomic mass is 10.1. The molecule has 0 amide bonds. The van der Waals surface area contributed by atoms with E-state index < -0.39 is 11.6 Å². The summed E-state index contributed by atoms with van der Waals surface area (Å²) in [5.41, 5.74) is 5.61. The highest BCUT2D eigenvalue weighted by Gasteiger charge is 2.27. The van der Waals surface area contributed by atoms with Gasteiger partial charge >= 0.3 is 0 Å². The van der Waals surface area contributed by atoms with Crippen molar-refractivity contribution in [3.05, 3.63) is 89.0 Å². The van der Waals surface area contributed by atoms with E-state index in [4.69, 9.17) is 4.74 Å². The Balaban J connectivity index is 1.79. The molecule has 0 radical (unpaired) electrons. The summed E-state index contributed by atoms with van der Waals surface area (Å²) in [5, 5.41) is 1.07. The van der Waals surface area contributed by atoms with E-state index in [-0.39, 0.29) is 12.1 Å². The summed E-state index contributed by atoms with van der Waals surface area (Å²) in [4.78, 5) is 0. The van der Waals surface area contributed by atoms with Gasteiger partial charge in [0.1, 0.15) is 17.4 Å². The van der Waals surface area contributed by atoms with Crippen LogP contribution in [0.25, 0.3) is 22.2 Å². The van der Waals surface area contributed by atoms with E-state index >= 15 is 0 Å². The van der Waals surface area contributed by atoms with Crippen LogP contribution < -0.4 is 4.74 Å². The molecule has 134 valence electrons. The molecule has 27 heavy (non-hydrogen) atoms. The maximum atomic E-state index is 14.3. The van der Waals surface area contributed by atoms with E-state index in [1.807, 2.05) is 34.9 Å². The van der Waals surface area contributed by atoms with Crippen LogP contribution in [-0.2, 0) is 13.0 Å². The Morgan fingerprint density at radius 3 is 2.52 bits per heavy atom. The number of rotatable bonds is 3. The van der Waals surface area contributed by atoms with Crippen LogP contribution in [0.15, 0.2) is 60.7 Å². The molecule has 0 atom stereocenters. The van der Waals surface area contributed by atoms with Crippen LogP contribution in [0, 0.1) is 11.6 Å². The molecule has 4 heteroatoms. The SMILES string of the molecule is COc1ccc2c(c1)c1c(n2Cc2c(F)cccc2F)-c2ccccc2C1. The van der Waals surface area contributed by atoms with Gasteiger partial charge in [-0.2, -0.15) is 0 Å². The summed E-state index contributed by atoms with van der Waals surface area (Å²) >= 11 is 0. The van der Waals surface area contributed by atoms with Gasteiger partial charge < -0.3 is 9.30 Å². The number of benzene rings is 3. The van der Waals surface area contributed by atoms with Gasteiger partial charge in [0.15, 0.2) is 0 Å². The van der Waals surface area contributed by atoms with E-state index in [0.717, 1.165) is 34.3 Å². The van der Waals surface area contributed by atoms with Gasteiger partial charge in [-0.25, -0.2) is 8.78 Å². The zero-order chi connectivity index (χ0) is 18.5. The van der Waals surface area contributed by atoms with Gasteiger partial charge in [-0.1, -0.05) is 30.3 Å². The van der Waals surface area contributed by atoms with E-state index in [2.05, 4.69) is 12.1 Å². The molecule has 0 spiro atoms. The Morgan fingerprint density at radius 1 is 0.963 bits per heavy atom. The zero-order valence-corrected chi connectivity index (χ0v) is 14.8. The fourth-order valence-corrected chi connectivity index (χ4v) is 4.12. The van der Waals surface area contributed by atoms with Crippen molar-refractivity contribution in [3.8, 4) is 17.0 Å². The minimum atomic E-state index is -0.523. The van der Waals surface area contributed by atoms with Crippen molar-refractivity contribution < 1.29 is 13.5 Å². The van der Waals surface area contributed by atoms with Crippen LogP contribution in [-0.4, -0.2) is 11.7 Å². The average Bonchev–Trinajstić information content (AvgIpc) is 3.20. The van der Waals surface area contributed by atoms with Crippen LogP contribution in [0.4, 0.5) is 8.78 Å². The minimum absolute atomic E-state index is 0.0809. The molecule has 1 aliphatic rings.